The molecule has 1 N–H and O–H groups in total. The predicted octanol–water partition coefficient (Wildman–Crippen LogP) is 2.42. The average Bonchev–Trinajstić information content (AvgIpc) is 2.16. The third-order valence-electron chi connectivity index (χ3n) is 1.96. The van der Waals surface area contributed by atoms with Crippen LogP contribution in [0.4, 0.5) is 0 Å². The first-order chi connectivity index (χ1) is 6.20. The maximum Gasteiger partial charge on any atom is 0.101 e. The number of aliphatic hydroxyl groups is 1. The number of aliphatic hydroxyl groups excluding tert-OH is 1. The molecule has 0 bridgehead atoms. The number of rotatable bonds is 2. The molecule has 0 saturated heterocycles. The number of hydrogen-bond acceptors (Lipinski definition) is 2. The van der Waals surface area contributed by atoms with Crippen LogP contribution in [0.15, 0.2) is 22.7 Å². The Balaban J connectivity index is 3.22. The first-order valence-electron chi connectivity index (χ1n) is 4.00. The summed E-state index contributed by atoms with van der Waals surface area (Å²) in [5.41, 5.74) is 1.50. The normalized spacial score (nSPS) is 12.2. The molecular weight excluding hydrogens is 230 g/mol. The van der Waals surface area contributed by atoms with Crippen molar-refractivity contribution >= 4 is 15.9 Å². The molecule has 1 unspecified atom stereocenters. The van der Waals surface area contributed by atoms with Crippen molar-refractivity contribution in [3.63, 3.8) is 0 Å². The molecule has 0 radical (unpaired) electrons. The lowest BCUT2D eigenvalue weighted by Gasteiger charge is -2.10. The Bertz CT molecular complexity index is 343. The predicted molar refractivity (Wildman–Crippen MR) is 54.4 cm³/mol. The molecule has 1 rings (SSSR count). The minimum absolute atomic E-state index is 0.00662. The van der Waals surface area contributed by atoms with Gasteiger partial charge in [0, 0.05) is 17.0 Å². The van der Waals surface area contributed by atoms with Crippen LogP contribution in [-0.4, -0.2) is 11.7 Å². The fraction of sp³-hybridized carbons (Fsp3) is 0.300. The zero-order valence-corrected chi connectivity index (χ0v) is 8.87. The number of benzene rings is 1. The van der Waals surface area contributed by atoms with E-state index in [2.05, 4.69) is 22.0 Å². The summed E-state index contributed by atoms with van der Waals surface area (Å²) in [5, 5.41) is 17.9. The van der Waals surface area contributed by atoms with Crippen molar-refractivity contribution in [2.75, 3.05) is 6.61 Å². The SMILES string of the molecule is CC(CO)c1cccc(Br)c1C#N. The van der Waals surface area contributed by atoms with Crippen LogP contribution >= 0.6 is 15.9 Å². The van der Waals surface area contributed by atoms with Gasteiger partial charge in [0.25, 0.3) is 0 Å². The molecule has 0 amide bonds. The van der Waals surface area contributed by atoms with Gasteiger partial charge in [0.15, 0.2) is 0 Å². The molecule has 1 aromatic rings. The largest absolute Gasteiger partial charge is 0.396 e. The summed E-state index contributed by atoms with van der Waals surface area (Å²) in [7, 11) is 0. The van der Waals surface area contributed by atoms with Gasteiger partial charge in [0.05, 0.1) is 5.56 Å². The number of nitrogens with zero attached hydrogens (tertiary/aromatic N) is 1. The van der Waals surface area contributed by atoms with Crippen LogP contribution in [-0.2, 0) is 0 Å². The van der Waals surface area contributed by atoms with E-state index in [0.717, 1.165) is 10.0 Å². The Kier molecular flexibility index (Phi) is 3.47. The van der Waals surface area contributed by atoms with Crippen molar-refractivity contribution in [2.45, 2.75) is 12.8 Å². The topological polar surface area (TPSA) is 44.0 Å². The van der Waals surface area contributed by atoms with Gasteiger partial charge in [-0.15, -0.1) is 0 Å². The molecule has 3 heteroatoms. The Morgan fingerprint density at radius 1 is 1.62 bits per heavy atom. The third-order valence-corrected chi connectivity index (χ3v) is 2.62. The summed E-state index contributed by atoms with van der Waals surface area (Å²) in [5.74, 6) is 0.00662. The molecule has 0 aliphatic rings. The first-order valence-corrected chi connectivity index (χ1v) is 4.79. The molecular formula is C10H10BrNO. The van der Waals surface area contributed by atoms with E-state index in [9.17, 15) is 0 Å². The first kappa shape index (κ1) is 10.2. The van der Waals surface area contributed by atoms with Gasteiger partial charge in [-0.3, -0.25) is 0 Å². The zero-order chi connectivity index (χ0) is 9.84. The third kappa shape index (κ3) is 2.09. The quantitative estimate of drug-likeness (QED) is 0.862. The van der Waals surface area contributed by atoms with Gasteiger partial charge in [0.1, 0.15) is 6.07 Å². The summed E-state index contributed by atoms with van der Waals surface area (Å²) in [4.78, 5) is 0. The molecule has 0 heterocycles. The lowest BCUT2D eigenvalue weighted by atomic mass is 9.97. The van der Waals surface area contributed by atoms with E-state index < -0.39 is 0 Å². The van der Waals surface area contributed by atoms with Crippen LogP contribution in [0.1, 0.15) is 24.0 Å². The Labute approximate surface area is 85.9 Å². The monoisotopic (exact) mass is 239 g/mol. The lowest BCUT2D eigenvalue weighted by molar-refractivity contribution is 0.273. The van der Waals surface area contributed by atoms with Gasteiger partial charge in [-0.05, 0) is 27.6 Å². The van der Waals surface area contributed by atoms with E-state index in [1.165, 1.54) is 0 Å². The number of nitriles is 1. The van der Waals surface area contributed by atoms with E-state index >= 15 is 0 Å². The fourth-order valence-corrected chi connectivity index (χ4v) is 1.64. The Hall–Kier alpha value is -0.850. The summed E-state index contributed by atoms with van der Waals surface area (Å²) in [6.45, 7) is 1.95. The number of halogens is 1. The van der Waals surface area contributed by atoms with Crippen molar-refractivity contribution in [1.29, 1.82) is 5.26 Å². The van der Waals surface area contributed by atoms with E-state index in [1.54, 1.807) is 0 Å². The standard InChI is InChI=1S/C10H10BrNO/c1-7(6-13)8-3-2-4-10(11)9(8)5-12/h2-4,7,13H,6H2,1H3. The van der Waals surface area contributed by atoms with Gasteiger partial charge in [-0.25, -0.2) is 0 Å². The lowest BCUT2D eigenvalue weighted by Crippen LogP contribution is -2.01. The minimum atomic E-state index is 0.00662. The molecule has 0 saturated carbocycles. The maximum absolute atomic E-state index is 8.97. The molecule has 2 nitrogen and oxygen atoms in total. The van der Waals surface area contributed by atoms with E-state index in [-0.39, 0.29) is 12.5 Å². The van der Waals surface area contributed by atoms with Crippen LogP contribution in [0.5, 0.6) is 0 Å². The van der Waals surface area contributed by atoms with Gasteiger partial charge in [-0.1, -0.05) is 19.1 Å². The molecule has 0 aliphatic heterocycles. The van der Waals surface area contributed by atoms with Crippen LogP contribution in [0, 0.1) is 11.3 Å². The van der Waals surface area contributed by atoms with Gasteiger partial charge in [0.2, 0.25) is 0 Å². The summed E-state index contributed by atoms with van der Waals surface area (Å²) in [6, 6.07) is 7.68. The van der Waals surface area contributed by atoms with Crippen LogP contribution < -0.4 is 0 Å². The smallest absolute Gasteiger partial charge is 0.101 e. The van der Waals surface area contributed by atoms with E-state index in [0.29, 0.717) is 5.56 Å². The van der Waals surface area contributed by atoms with Gasteiger partial charge >= 0.3 is 0 Å². The highest BCUT2D eigenvalue weighted by Gasteiger charge is 2.11. The Morgan fingerprint density at radius 2 is 2.31 bits per heavy atom. The zero-order valence-electron chi connectivity index (χ0n) is 7.29. The number of hydrogen-bond donors (Lipinski definition) is 1. The molecule has 68 valence electrons. The second-order valence-corrected chi connectivity index (χ2v) is 3.75. The summed E-state index contributed by atoms with van der Waals surface area (Å²) in [6.07, 6.45) is 0. The van der Waals surface area contributed by atoms with Crippen LogP contribution in [0.25, 0.3) is 0 Å². The van der Waals surface area contributed by atoms with Crippen LogP contribution in [0.2, 0.25) is 0 Å². The Morgan fingerprint density at radius 3 is 2.85 bits per heavy atom. The van der Waals surface area contributed by atoms with Crippen molar-refractivity contribution in [3.05, 3.63) is 33.8 Å². The highest BCUT2D eigenvalue weighted by atomic mass is 79.9. The molecule has 0 aromatic heterocycles. The van der Waals surface area contributed by atoms with Crippen molar-refractivity contribution in [1.82, 2.24) is 0 Å². The summed E-state index contributed by atoms with van der Waals surface area (Å²) < 4.78 is 0.785. The fourth-order valence-electron chi connectivity index (χ4n) is 1.17. The molecule has 0 aliphatic carbocycles. The van der Waals surface area contributed by atoms with Crippen molar-refractivity contribution in [3.8, 4) is 6.07 Å². The van der Waals surface area contributed by atoms with E-state index in [4.69, 9.17) is 10.4 Å². The molecule has 0 spiro atoms. The van der Waals surface area contributed by atoms with Gasteiger partial charge < -0.3 is 5.11 Å². The van der Waals surface area contributed by atoms with Crippen molar-refractivity contribution in [2.24, 2.45) is 0 Å². The molecule has 0 fully saturated rings. The van der Waals surface area contributed by atoms with Gasteiger partial charge in [-0.2, -0.15) is 5.26 Å². The average molecular weight is 240 g/mol. The molecule has 1 aromatic carbocycles. The maximum atomic E-state index is 8.97. The minimum Gasteiger partial charge on any atom is -0.396 e. The van der Waals surface area contributed by atoms with Crippen LogP contribution in [0.3, 0.4) is 0 Å². The second-order valence-electron chi connectivity index (χ2n) is 2.90. The highest BCUT2D eigenvalue weighted by molar-refractivity contribution is 9.10. The second kappa shape index (κ2) is 4.40. The summed E-state index contributed by atoms with van der Waals surface area (Å²) >= 11 is 3.30. The molecule has 13 heavy (non-hydrogen) atoms. The molecule has 1 atom stereocenters. The van der Waals surface area contributed by atoms with Crippen molar-refractivity contribution < 1.29 is 5.11 Å². The van der Waals surface area contributed by atoms with E-state index in [1.807, 2.05) is 25.1 Å². The highest BCUT2D eigenvalue weighted by Crippen LogP contribution is 2.25.